The number of aliphatic carboxylic acids is 1. The standard InChI is InChI=1S/C14H13ClN2O6/c15-8-1-4-13(12(5-8)17(20)21)22-7-10-3-2-9(23-10)6-11(16)14(18)19/h1-5,11H,6-7,16H2,(H,18,19). The van der Waals surface area contributed by atoms with Gasteiger partial charge in [-0.25, -0.2) is 0 Å². The Morgan fingerprint density at radius 2 is 2.09 bits per heavy atom. The summed E-state index contributed by atoms with van der Waals surface area (Å²) in [7, 11) is 0. The lowest BCUT2D eigenvalue weighted by molar-refractivity contribution is -0.385. The molecule has 0 aliphatic carbocycles. The van der Waals surface area contributed by atoms with Gasteiger partial charge in [-0.1, -0.05) is 11.6 Å². The van der Waals surface area contributed by atoms with Gasteiger partial charge >= 0.3 is 11.7 Å². The molecule has 1 heterocycles. The van der Waals surface area contributed by atoms with Gasteiger partial charge in [0, 0.05) is 17.5 Å². The fourth-order valence-corrected chi connectivity index (χ4v) is 1.98. The molecule has 122 valence electrons. The van der Waals surface area contributed by atoms with Gasteiger partial charge in [-0.3, -0.25) is 14.9 Å². The summed E-state index contributed by atoms with van der Waals surface area (Å²) < 4.78 is 10.7. The van der Waals surface area contributed by atoms with Crippen LogP contribution < -0.4 is 10.5 Å². The molecule has 0 aliphatic heterocycles. The van der Waals surface area contributed by atoms with E-state index < -0.39 is 16.9 Å². The Labute approximate surface area is 135 Å². The van der Waals surface area contributed by atoms with E-state index in [-0.39, 0.29) is 29.5 Å². The van der Waals surface area contributed by atoms with Crippen molar-refractivity contribution in [3.8, 4) is 5.75 Å². The Morgan fingerprint density at radius 3 is 2.74 bits per heavy atom. The van der Waals surface area contributed by atoms with Gasteiger partial charge < -0.3 is 20.0 Å². The molecule has 2 rings (SSSR count). The molecule has 1 unspecified atom stereocenters. The third-order valence-corrected chi connectivity index (χ3v) is 3.18. The van der Waals surface area contributed by atoms with Crippen LogP contribution in [0.2, 0.25) is 5.02 Å². The van der Waals surface area contributed by atoms with E-state index >= 15 is 0 Å². The van der Waals surface area contributed by atoms with Gasteiger partial charge in [-0.15, -0.1) is 0 Å². The highest BCUT2D eigenvalue weighted by Crippen LogP contribution is 2.30. The lowest BCUT2D eigenvalue weighted by Crippen LogP contribution is -2.32. The number of hydrogen-bond acceptors (Lipinski definition) is 6. The monoisotopic (exact) mass is 340 g/mol. The molecule has 23 heavy (non-hydrogen) atoms. The third kappa shape index (κ3) is 4.44. The number of ether oxygens (including phenoxy) is 1. The van der Waals surface area contributed by atoms with Crippen molar-refractivity contribution in [3.63, 3.8) is 0 Å². The summed E-state index contributed by atoms with van der Waals surface area (Å²) in [5.41, 5.74) is 5.16. The summed E-state index contributed by atoms with van der Waals surface area (Å²) in [4.78, 5) is 21.0. The van der Waals surface area contributed by atoms with E-state index in [1.54, 1.807) is 12.1 Å². The molecule has 0 saturated heterocycles. The van der Waals surface area contributed by atoms with E-state index in [1.165, 1.54) is 18.2 Å². The number of furan rings is 1. The molecule has 0 fully saturated rings. The summed E-state index contributed by atoms with van der Waals surface area (Å²) in [6.07, 6.45) is 0.0381. The molecule has 0 aliphatic rings. The van der Waals surface area contributed by atoms with Crippen LogP contribution in [0.25, 0.3) is 0 Å². The van der Waals surface area contributed by atoms with Crippen molar-refractivity contribution in [1.82, 2.24) is 0 Å². The highest BCUT2D eigenvalue weighted by Gasteiger charge is 2.17. The van der Waals surface area contributed by atoms with E-state index in [2.05, 4.69) is 0 Å². The molecule has 0 saturated carbocycles. The van der Waals surface area contributed by atoms with Crippen LogP contribution in [-0.4, -0.2) is 22.0 Å². The Hall–Kier alpha value is -2.58. The second kappa shape index (κ2) is 7.12. The molecule has 1 aromatic heterocycles. The first-order valence-corrected chi connectivity index (χ1v) is 6.87. The van der Waals surface area contributed by atoms with Crippen molar-refractivity contribution in [2.45, 2.75) is 19.1 Å². The molecular weight excluding hydrogens is 328 g/mol. The molecule has 0 spiro atoms. The van der Waals surface area contributed by atoms with Crippen LogP contribution in [0.15, 0.2) is 34.7 Å². The highest BCUT2D eigenvalue weighted by atomic mass is 35.5. The van der Waals surface area contributed by atoms with Crippen LogP contribution >= 0.6 is 11.6 Å². The molecule has 0 amide bonds. The maximum Gasteiger partial charge on any atom is 0.320 e. The van der Waals surface area contributed by atoms with Crippen molar-refractivity contribution >= 4 is 23.3 Å². The van der Waals surface area contributed by atoms with E-state index in [4.69, 9.17) is 31.6 Å². The third-order valence-electron chi connectivity index (χ3n) is 2.94. The fraction of sp³-hybridized carbons (Fsp3) is 0.214. The first-order chi connectivity index (χ1) is 10.9. The minimum atomic E-state index is -1.13. The van der Waals surface area contributed by atoms with E-state index in [0.717, 1.165) is 0 Å². The summed E-state index contributed by atoms with van der Waals surface area (Å²) in [6, 6.07) is 6.17. The van der Waals surface area contributed by atoms with Crippen LogP contribution in [0.1, 0.15) is 11.5 Å². The molecule has 0 radical (unpaired) electrons. The molecule has 1 aromatic carbocycles. The van der Waals surface area contributed by atoms with Crippen molar-refractivity contribution in [2.24, 2.45) is 5.73 Å². The maximum atomic E-state index is 10.9. The maximum absolute atomic E-state index is 10.9. The van der Waals surface area contributed by atoms with Crippen molar-refractivity contribution in [3.05, 3.63) is 57.0 Å². The van der Waals surface area contributed by atoms with Gasteiger partial charge in [0.15, 0.2) is 5.75 Å². The lowest BCUT2D eigenvalue weighted by atomic mass is 10.2. The number of nitrogens with two attached hydrogens (primary N) is 1. The average molecular weight is 341 g/mol. The molecule has 9 heteroatoms. The van der Waals surface area contributed by atoms with Gasteiger partial charge in [-0.05, 0) is 24.3 Å². The number of carbonyl (C=O) groups is 1. The van der Waals surface area contributed by atoms with Gasteiger partial charge in [0.05, 0.1) is 4.92 Å². The zero-order valence-corrected chi connectivity index (χ0v) is 12.5. The zero-order valence-electron chi connectivity index (χ0n) is 11.8. The number of nitrogens with zero attached hydrogens (tertiary/aromatic N) is 1. The second-order valence-electron chi connectivity index (χ2n) is 4.67. The number of carboxylic acid groups (broad SMARTS) is 1. The molecular formula is C14H13ClN2O6. The Bertz CT molecular complexity index is 730. The minimum absolute atomic E-state index is 0.0381. The summed E-state index contributed by atoms with van der Waals surface area (Å²) in [6.45, 7) is -0.0508. The molecule has 1 atom stereocenters. The molecule has 8 nitrogen and oxygen atoms in total. The zero-order chi connectivity index (χ0) is 17.0. The average Bonchev–Trinajstić information content (AvgIpc) is 2.93. The number of nitro groups is 1. The largest absolute Gasteiger partial charge is 0.480 e. The number of rotatable bonds is 7. The predicted octanol–water partition coefficient (Wildman–Crippen LogP) is 2.37. The number of nitro benzene ring substituents is 1. The topological polar surface area (TPSA) is 129 Å². The number of hydrogen-bond donors (Lipinski definition) is 2. The quantitative estimate of drug-likeness (QED) is 0.584. The number of carboxylic acids is 1. The first kappa shape index (κ1) is 16.8. The van der Waals surface area contributed by atoms with Gasteiger partial charge in [0.2, 0.25) is 0 Å². The Kier molecular flexibility index (Phi) is 5.20. The molecule has 3 N–H and O–H groups in total. The summed E-state index contributed by atoms with van der Waals surface area (Å²) in [5, 5.41) is 19.9. The first-order valence-electron chi connectivity index (χ1n) is 6.49. The molecule has 0 bridgehead atoms. The Morgan fingerprint density at radius 1 is 1.39 bits per heavy atom. The number of benzene rings is 1. The van der Waals surface area contributed by atoms with Crippen molar-refractivity contribution in [2.75, 3.05) is 0 Å². The van der Waals surface area contributed by atoms with Crippen LogP contribution in [0.5, 0.6) is 5.75 Å². The van der Waals surface area contributed by atoms with Crippen LogP contribution in [0.3, 0.4) is 0 Å². The highest BCUT2D eigenvalue weighted by molar-refractivity contribution is 6.30. The van der Waals surface area contributed by atoms with Gasteiger partial charge in [-0.2, -0.15) is 0 Å². The lowest BCUT2D eigenvalue weighted by Gasteiger charge is -2.06. The second-order valence-corrected chi connectivity index (χ2v) is 5.11. The fourth-order valence-electron chi connectivity index (χ4n) is 1.82. The van der Waals surface area contributed by atoms with E-state index in [0.29, 0.717) is 11.5 Å². The summed E-state index contributed by atoms with van der Waals surface area (Å²) in [5.74, 6) is -0.290. The van der Waals surface area contributed by atoms with Crippen molar-refractivity contribution < 1.29 is 24.0 Å². The summed E-state index contributed by atoms with van der Waals surface area (Å²) >= 11 is 5.72. The number of halogens is 1. The van der Waals surface area contributed by atoms with E-state index in [1.807, 2.05) is 0 Å². The smallest absolute Gasteiger partial charge is 0.320 e. The van der Waals surface area contributed by atoms with Crippen LogP contribution in [-0.2, 0) is 17.8 Å². The SMILES string of the molecule is NC(Cc1ccc(COc2ccc(Cl)cc2[N+](=O)[O-])o1)C(=O)O. The van der Waals surface area contributed by atoms with Crippen LogP contribution in [0, 0.1) is 10.1 Å². The van der Waals surface area contributed by atoms with Gasteiger partial charge in [0.1, 0.15) is 24.2 Å². The predicted molar refractivity (Wildman–Crippen MR) is 80.5 cm³/mol. The minimum Gasteiger partial charge on any atom is -0.480 e. The normalized spacial score (nSPS) is 11.9. The van der Waals surface area contributed by atoms with Crippen LogP contribution in [0.4, 0.5) is 5.69 Å². The van der Waals surface area contributed by atoms with E-state index in [9.17, 15) is 14.9 Å². The molecule has 2 aromatic rings. The Balaban J connectivity index is 2.03. The van der Waals surface area contributed by atoms with Crippen molar-refractivity contribution in [1.29, 1.82) is 0 Å². The van der Waals surface area contributed by atoms with Gasteiger partial charge in [0.25, 0.3) is 0 Å².